The molecule has 160 valence electrons. The van der Waals surface area contributed by atoms with Crippen molar-refractivity contribution < 1.29 is 24.6 Å². The first-order chi connectivity index (χ1) is 13.9. The number of carbonyl (C=O) groups excluding carboxylic acids is 1. The van der Waals surface area contributed by atoms with Crippen molar-refractivity contribution in [2.45, 2.75) is 63.1 Å². The van der Waals surface area contributed by atoms with E-state index in [-0.39, 0.29) is 5.91 Å². The van der Waals surface area contributed by atoms with Crippen LogP contribution in [0.2, 0.25) is 0 Å². The number of nitrogens with zero attached hydrogens (tertiary/aromatic N) is 1. The molecule has 0 bridgehead atoms. The van der Waals surface area contributed by atoms with Crippen LogP contribution < -0.4 is 11.1 Å². The molecule has 0 saturated carbocycles. The summed E-state index contributed by atoms with van der Waals surface area (Å²) in [5, 5.41) is 22.0. The van der Waals surface area contributed by atoms with Crippen LogP contribution in [0.15, 0.2) is 30.3 Å². The highest BCUT2D eigenvalue weighted by Gasteiger charge is 2.38. The van der Waals surface area contributed by atoms with Gasteiger partial charge in [-0.1, -0.05) is 36.8 Å². The molecule has 5 N–H and O–H groups in total. The highest BCUT2D eigenvalue weighted by atomic mass is 16.4. The van der Waals surface area contributed by atoms with Crippen LogP contribution in [0.3, 0.4) is 0 Å². The van der Waals surface area contributed by atoms with Crippen LogP contribution in [-0.2, 0) is 20.8 Å². The summed E-state index contributed by atoms with van der Waals surface area (Å²) in [5.41, 5.74) is 6.57. The quantitative estimate of drug-likeness (QED) is 0.384. The van der Waals surface area contributed by atoms with Crippen LogP contribution in [0.4, 0.5) is 0 Å². The minimum Gasteiger partial charge on any atom is -0.480 e. The Morgan fingerprint density at radius 1 is 1.10 bits per heavy atom. The number of benzene rings is 1. The van der Waals surface area contributed by atoms with Crippen molar-refractivity contribution in [3.05, 3.63) is 35.9 Å². The van der Waals surface area contributed by atoms with Crippen LogP contribution in [0.25, 0.3) is 0 Å². The normalized spacial score (nSPS) is 18.4. The number of carboxylic acid groups (broad SMARTS) is 2. The Morgan fingerprint density at radius 2 is 1.83 bits per heavy atom. The number of rotatable bonds is 12. The summed E-state index contributed by atoms with van der Waals surface area (Å²) in [6.07, 6.45) is 3.76. The molecule has 1 aliphatic rings. The topological polar surface area (TPSA) is 133 Å². The maximum atomic E-state index is 13.1. The molecule has 29 heavy (non-hydrogen) atoms. The molecule has 0 aromatic heterocycles. The summed E-state index contributed by atoms with van der Waals surface area (Å²) >= 11 is 0. The zero-order chi connectivity index (χ0) is 21.2. The SMILES string of the molecule is NCCCC[C@@H](N[C@@H](CCc1ccccc1)C(=O)O)C(=O)N1CCC[C@@H]1C(=O)O. The van der Waals surface area contributed by atoms with Crippen molar-refractivity contribution in [3.8, 4) is 0 Å². The smallest absolute Gasteiger partial charge is 0.326 e. The second-order valence-electron chi connectivity index (χ2n) is 7.45. The molecule has 8 nitrogen and oxygen atoms in total. The zero-order valence-corrected chi connectivity index (χ0v) is 16.6. The maximum Gasteiger partial charge on any atom is 0.326 e. The first-order valence-electron chi connectivity index (χ1n) is 10.2. The number of carboxylic acids is 2. The van der Waals surface area contributed by atoms with Crippen LogP contribution in [0, 0.1) is 0 Å². The van der Waals surface area contributed by atoms with E-state index in [1.165, 1.54) is 4.90 Å². The Kier molecular flexibility index (Phi) is 9.08. The van der Waals surface area contributed by atoms with Crippen LogP contribution >= 0.6 is 0 Å². The molecular formula is C21H31N3O5. The van der Waals surface area contributed by atoms with E-state index in [9.17, 15) is 24.6 Å². The van der Waals surface area contributed by atoms with Gasteiger partial charge in [0.15, 0.2) is 0 Å². The summed E-state index contributed by atoms with van der Waals surface area (Å²) in [4.78, 5) is 37.7. The van der Waals surface area contributed by atoms with Gasteiger partial charge < -0.3 is 20.8 Å². The fourth-order valence-corrected chi connectivity index (χ4v) is 3.73. The molecule has 8 heteroatoms. The Balaban J connectivity index is 2.08. The molecule has 2 rings (SSSR count). The van der Waals surface area contributed by atoms with E-state index in [2.05, 4.69) is 5.32 Å². The molecule has 0 aliphatic carbocycles. The summed E-state index contributed by atoms with van der Waals surface area (Å²) in [5.74, 6) is -2.37. The third-order valence-electron chi connectivity index (χ3n) is 5.33. The van der Waals surface area contributed by atoms with Gasteiger partial charge in [0.05, 0.1) is 6.04 Å². The third-order valence-corrected chi connectivity index (χ3v) is 5.33. The monoisotopic (exact) mass is 405 g/mol. The molecular weight excluding hydrogens is 374 g/mol. The molecule has 1 saturated heterocycles. The number of hydrogen-bond donors (Lipinski definition) is 4. The van der Waals surface area contributed by atoms with E-state index in [1.54, 1.807) is 0 Å². The average molecular weight is 405 g/mol. The highest BCUT2D eigenvalue weighted by molar-refractivity contribution is 5.88. The highest BCUT2D eigenvalue weighted by Crippen LogP contribution is 2.20. The fourth-order valence-electron chi connectivity index (χ4n) is 3.73. The summed E-state index contributed by atoms with van der Waals surface area (Å²) in [7, 11) is 0. The number of unbranched alkanes of at least 4 members (excludes halogenated alkanes) is 1. The minimum absolute atomic E-state index is 0.335. The second kappa shape index (κ2) is 11.5. The zero-order valence-electron chi connectivity index (χ0n) is 16.6. The van der Waals surface area contributed by atoms with E-state index in [0.29, 0.717) is 51.6 Å². The van der Waals surface area contributed by atoms with Gasteiger partial charge in [-0.25, -0.2) is 4.79 Å². The van der Waals surface area contributed by atoms with Gasteiger partial charge >= 0.3 is 11.9 Å². The van der Waals surface area contributed by atoms with Crippen molar-refractivity contribution in [2.24, 2.45) is 5.73 Å². The van der Waals surface area contributed by atoms with Gasteiger partial charge in [-0.15, -0.1) is 0 Å². The van der Waals surface area contributed by atoms with Gasteiger partial charge in [0.25, 0.3) is 0 Å². The Hall–Kier alpha value is -2.45. The summed E-state index contributed by atoms with van der Waals surface area (Å²) < 4.78 is 0. The number of hydrogen-bond acceptors (Lipinski definition) is 5. The number of nitrogens with two attached hydrogens (primary N) is 1. The number of amides is 1. The fraction of sp³-hybridized carbons (Fsp3) is 0.571. The lowest BCUT2D eigenvalue weighted by molar-refractivity contribution is -0.149. The van der Waals surface area contributed by atoms with Crippen LogP contribution in [0.1, 0.15) is 44.1 Å². The maximum absolute atomic E-state index is 13.1. The van der Waals surface area contributed by atoms with E-state index >= 15 is 0 Å². The van der Waals surface area contributed by atoms with Crippen LogP contribution in [-0.4, -0.2) is 64.2 Å². The Morgan fingerprint density at radius 3 is 2.45 bits per heavy atom. The third kappa shape index (κ3) is 6.83. The largest absolute Gasteiger partial charge is 0.480 e. The van der Waals surface area contributed by atoms with Crippen molar-refractivity contribution in [2.75, 3.05) is 13.1 Å². The van der Waals surface area contributed by atoms with Gasteiger partial charge in [-0.2, -0.15) is 0 Å². The molecule has 0 spiro atoms. The molecule has 1 aliphatic heterocycles. The molecule has 1 aromatic rings. The van der Waals surface area contributed by atoms with Crippen molar-refractivity contribution in [3.63, 3.8) is 0 Å². The Bertz CT molecular complexity index is 682. The van der Waals surface area contributed by atoms with E-state index < -0.39 is 30.1 Å². The van der Waals surface area contributed by atoms with E-state index in [1.807, 2.05) is 30.3 Å². The number of aryl methyl sites for hydroxylation is 1. The van der Waals surface area contributed by atoms with Crippen molar-refractivity contribution in [1.29, 1.82) is 0 Å². The molecule has 3 atom stereocenters. The summed E-state index contributed by atoms with van der Waals surface area (Å²) in [6, 6.07) is 7.10. The average Bonchev–Trinajstić information content (AvgIpc) is 3.20. The van der Waals surface area contributed by atoms with E-state index in [0.717, 1.165) is 12.0 Å². The van der Waals surface area contributed by atoms with Crippen molar-refractivity contribution in [1.82, 2.24) is 10.2 Å². The van der Waals surface area contributed by atoms with Gasteiger partial charge in [-0.3, -0.25) is 14.9 Å². The molecule has 0 unspecified atom stereocenters. The second-order valence-corrected chi connectivity index (χ2v) is 7.45. The standard InChI is InChI=1S/C21H31N3O5/c22-13-5-4-9-16(19(25)24-14-6-10-18(24)21(28)29)23-17(20(26)27)12-11-15-7-2-1-3-8-15/h1-3,7-8,16-18,23H,4-6,9-14,22H2,(H,26,27)(H,28,29)/t16-,17+,18-/m1/s1. The number of carbonyl (C=O) groups is 3. The Labute approximate surface area is 171 Å². The molecule has 1 heterocycles. The molecule has 1 aromatic carbocycles. The number of aliphatic carboxylic acids is 2. The first kappa shape index (κ1) is 22.8. The molecule has 1 amide bonds. The molecule has 0 radical (unpaired) electrons. The minimum atomic E-state index is -1.02. The molecule has 1 fully saturated rings. The van der Waals surface area contributed by atoms with Gasteiger partial charge in [0.1, 0.15) is 12.1 Å². The predicted molar refractivity (Wildman–Crippen MR) is 108 cm³/mol. The lowest BCUT2D eigenvalue weighted by Gasteiger charge is -2.29. The summed E-state index contributed by atoms with van der Waals surface area (Å²) in [6.45, 7) is 0.866. The van der Waals surface area contributed by atoms with Crippen molar-refractivity contribution >= 4 is 17.8 Å². The lowest BCUT2D eigenvalue weighted by atomic mass is 10.0. The van der Waals surface area contributed by atoms with Crippen LogP contribution in [0.5, 0.6) is 0 Å². The van der Waals surface area contributed by atoms with Gasteiger partial charge in [-0.05, 0) is 50.6 Å². The first-order valence-corrected chi connectivity index (χ1v) is 10.2. The number of nitrogens with one attached hydrogen (secondary N) is 1. The van der Waals surface area contributed by atoms with E-state index in [4.69, 9.17) is 5.73 Å². The van der Waals surface area contributed by atoms with Gasteiger partial charge in [0, 0.05) is 6.54 Å². The number of likely N-dealkylation sites (tertiary alicyclic amines) is 1. The predicted octanol–water partition coefficient (Wildman–Crippen LogP) is 1.24. The van der Waals surface area contributed by atoms with Gasteiger partial charge in [0.2, 0.25) is 5.91 Å². The lowest BCUT2D eigenvalue weighted by Crippen LogP contribution is -2.54.